The van der Waals surface area contributed by atoms with Gasteiger partial charge in [0.25, 0.3) is 5.91 Å². The van der Waals surface area contributed by atoms with E-state index in [1.807, 2.05) is 18.2 Å². The highest BCUT2D eigenvalue weighted by Gasteiger charge is 2.14. The lowest BCUT2D eigenvalue weighted by Gasteiger charge is -2.26. The Bertz CT molecular complexity index is 905. The third-order valence-electron chi connectivity index (χ3n) is 4.80. The molecule has 3 rings (SSSR count). The summed E-state index contributed by atoms with van der Waals surface area (Å²) in [5.41, 5.74) is 2.33. The van der Waals surface area contributed by atoms with E-state index in [1.54, 1.807) is 6.92 Å². The third-order valence-corrected chi connectivity index (χ3v) is 6.36. The van der Waals surface area contributed by atoms with Gasteiger partial charge in [-0.25, -0.2) is 13.1 Å². The van der Waals surface area contributed by atoms with E-state index >= 15 is 0 Å². The molecular formula is C21H27N3O3S. The second-order valence-electron chi connectivity index (χ2n) is 7.02. The summed E-state index contributed by atoms with van der Waals surface area (Å²) in [6.45, 7) is 5.18. The lowest BCUT2D eigenvalue weighted by atomic mass is 10.1. The van der Waals surface area contributed by atoms with Crippen molar-refractivity contribution in [3.63, 3.8) is 0 Å². The topological polar surface area (TPSA) is 78.5 Å². The van der Waals surface area contributed by atoms with E-state index in [0.717, 1.165) is 25.3 Å². The Balaban J connectivity index is 1.65. The van der Waals surface area contributed by atoms with E-state index in [1.165, 1.54) is 49.1 Å². The maximum Gasteiger partial charge on any atom is 0.255 e. The number of nitrogens with one attached hydrogen (secondary N) is 2. The number of amides is 1. The van der Waals surface area contributed by atoms with Crippen LogP contribution in [-0.2, 0) is 16.6 Å². The van der Waals surface area contributed by atoms with Crippen LogP contribution in [0.15, 0.2) is 53.4 Å². The molecule has 0 radical (unpaired) electrons. The van der Waals surface area contributed by atoms with Crippen molar-refractivity contribution >= 4 is 21.6 Å². The van der Waals surface area contributed by atoms with E-state index < -0.39 is 10.0 Å². The summed E-state index contributed by atoms with van der Waals surface area (Å²) in [6, 6.07) is 13.8. The number of piperidine rings is 1. The number of hydrogen-bond donors (Lipinski definition) is 2. The molecule has 1 heterocycles. The molecule has 1 aliphatic heterocycles. The Morgan fingerprint density at radius 3 is 2.43 bits per heavy atom. The van der Waals surface area contributed by atoms with Crippen molar-refractivity contribution in [2.75, 3.05) is 25.0 Å². The molecule has 0 aliphatic carbocycles. The Labute approximate surface area is 167 Å². The minimum Gasteiger partial charge on any atom is -0.322 e. The summed E-state index contributed by atoms with van der Waals surface area (Å²) in [5, 5.41) is 2.90. The number of carbonyl (C=O) groups excluding carboxylic acids is 1. The predicted molar refractivity (Wildman–Crippen MR) is 111 cm³/mol. The number of carbonyl (C=O) groups is 1. The number of benzene rings is 2. The molecule has 0 bridgehead atoms. The SMILES string of the molecule is CCNS(=O)(=O)c1ccc(C(=O)Nc2cccc(CN3CCCCC3)c2)cc1. The first kappa shape index (κ1) is 20.5. The molecule has 0 atom stereocenters. The van der Waals surface area contributed by atoms with Crippen molar-refractivity contribution in [1.82, 2.24) is 9.62 Å². The van der Waals surface area contributed by atoms with Gasteiger partial charge in [-0.3, -0.25) is 9.69 Å². The number of nitrogens with zero attached hydrogens (tertiary/aromatic N) is 1. The lowest BCUT2D eigenvalue weighted by Crippen LogP contribution is -2.29. The summed E-state index contributed by atoms with van der Waals surface area (Å²) in [4.78, 5) is 15.1. The molecule has 1 saturated heterocycles. The van der Waals surface area contributed by atoms with Gasteiger partial charge in [0.1, 0.15) is 0 Å². The fourth-order valence-corrected chi connectivity index (χ4v) is 4.43. The van der Waals surface area contributed by atoms with Crippen LogP contribution in [0.4, 0.5) is 5.69 Å². The molecule has 2 N–H and O–H groups in total. The molecule has 0 aromatic heterocycles. The summed E-state index contributed by atoms with van der Waals surface area (Å²) < 4.78 is 26.4. The maximum atomic E-state index is 12.5. The molecule has 0 saturated carbocycles. The first-order valence-electron chi connectivity index (χ1n) is 9.70. The Kier molecular flexibility index (Phi) is 6.83. The zero-order valence-electron chi connectivity index (χ0n) is 16.1. The number of anilines is 1. The van der Waals surface area contributed by atoms with Crippen LogP contribution >= 0.6 is 0 Å². The highest BCUT2D eigenvalue weighted by Crippen LogP contribution is 2.17. The smallest absolute Gasteiger partial charge is 0.255 e. The highest BCUT2D eigenvalue weighted by atomic mass is 32.2. The van der Waals surface area contributed by atoms with Crippen LogP contribution in [0, 0.1) is 0 Å². The second kappa shape index (κ2) is 9.32. The van der Waals surface area contributed by atoms with Gasteiger partial charge in [-0.05, 0) is 67.9 Å². The summed E-state index contributed by atoms with van der Waals surface area (Å²) >= 11 is 0. The van der Waals surface area contributed by atoms with Gasteiger partial charge in [0, 0.05) is 24.3 Å². The zero-order valence-corrected chi connectivity index (χ0v) is 17.0. The van der Waals surface area contributed by atoms with Gasteiger partial charge in [-0.1, -0.05) is 25.5 Å². The fraction of sp³-hybridized carbons (Fsp3) is 0.381. The normalized spacial score (nSPS) is 15.3. The quantitative estimate of drug-likeness (QED) is 0.747. The van der Waals surface area contributed by atoms with Gasteiger partial charge in [-0.2, -0.15) is 0 Å². The monoisotopic (exact) mass is 401 g/mol. The molecule has 1 fully saturated rings. The molecular weight excluding hydrogens is 374 g/mol. The molecule has 0 spiro atoms. The minimum atomic E-state index is -3.52. The molecule has 2 aromatic rings. The van der Waals surface area contributed by atoms with E-state index in [9.17, 15) is 13.2 Å². The average molecular weight is 402 g/mol. The lowest BCUT2D eigenvalue weighted by molar-refractivity contribution is 0.102. The molecule has 28 heavy (non-hydrogen) atoms. The highest BCUT2D eigenvalue weighted by molar-refractivity contribution is 7.89. The van der Waals surface area contributed by atoms with Crippen molar-refractivity contribution in [2.45, 2.75) is 37.6 Å². The molecule has 6 nitrogen and oxygen atoms in total. The van der Waals surface area contributed by atoms with Crippen LogP contribution in [0.25, 0.3) is 0 Å². The first-order chi connectivity index (χ1) is 13.5. The average Bonchev–Trinajstić information content (AvgIpc) is 2.69. The van der Waals surface area contributed by atoms with E-state index in [-0.39, 0.29) is 10.8 Å². The van der Waals surface area contributed by atoms with Gasteiger partial charge >= 0.3 is 0 Å². The molecule has 1 amide bonds. The second-order valence-corrected chi connectivity index (χ2v) is 8.78. The van der Waals surface area contributed by atoms with Crippen LogP contribution < -0.4 is 10.0 Å². The number of rotatable bonds is 7. The van der Waals surface area contributed by atoms with E-state index in [0.29, 0.717) is 12.1 Å². The first-order valence-corrected chi connectivity index (χ1v) is 11.2. The van der Waals surface area contributed by atoms with Crippen molar-refractivity contribution in [2.24, 2.45) is 0 Å². The van der Waals surface area contributed by atoms with Crippen LogP contribution in [-0.4, -0.2) is 38.9 Å². The minimum absolute atomic E-state index is 0.148. The number of hydrogen-bond acceptors (Lipinski definition) is 4. The largest absolute Gasteiger partial charge is 0.322 e. The van der Waals surface area contributed by atoms with Crippen LogP contribution in [0.1, 0.15) is 42.1 Å². The standard InChI is InChI=1S/C21H27N3O3S/c1-2-22-28(26,27)20-11-9-18(10-12-20)21(25)23-19-8-6-7-17(15-19)16-24-13-4-3-5-14-24/h6-12,15,22H,2-5,13-14,16H2,1H3,(H,23,25). The molecule has 7 heteroatoms. The predicted octanol–water partition coefficient (Wildman–Crippen LogP) is 3.22. The van der Waals surface area contributed by atoms with Crippen molar-refractivity contribution < 1.29 is 13.2 Å². The van der Waals surface area contributed by atoms with Crippen LogP contribution in [0.3, 0.4) is 0 Å². The number of likely N-dealkylation sites (tertiary alicyclic amines) is 1. The summed E-state index contributed by atoms with van der Waals surface area (Å²) in [6.07, 6.45) is 3.80. The van der Waals surface area contributed by atoms with Crippen molar-refractivity contribution in [1.29, 1.82) is 0 Å². The molecule has 150 valence electrons. The van der Waals surface area contributed by atoms with Gasteiger partial charge in [-0.15, -0.1) is 0 Å². The van der Waals surface area contributed by atoms with Crippen molar-refractivity contribution in [3.8, 4) is 0 Å². The van der Waals surface area contributed by atoms with Gasteiger partial charge < -0.3 is 5.32 Å². The number of sulfonamides is 1. The summed E-state index contributed by atoms with van der Waals surface area (Å²) in [7, 11) is -3.52. The molecule has 0 unspecified atom stereocenters. The Morgan fingerprint density at radius 1 is 1.04 bits per heavy atom. The molecule has 1 aliphatic rings. The zero-order chi connectivity index (χ0) is 20.0. The van der Waals surface area contributed by atoms with Crippen LogP contribution in [0.2, 0.25) is 0 Å². The summed E-state index contributed by atoms with van der Waals surface area (Å²) in [5.74, 6) is -0.262. The van der Waals surface area contributed by atoms with Gasteiger partial charge in [0.2, 0.25) is 10.0 Å². The van der Waals surface area contributed by atoms with Crippen molar-refractivity contribution in [3.05, 3.63) is 59.7 Å². The third kappa shape index (κ3) is 5.41. The van der Waals surface area contributed by atoms with E-state index in [4.69, 9.17) is 0 Å². The van der Waals surface area contributed by atoms with Gasteiger partial charge in [0.05, 0.1) is 4.90 Å². The molecule has 2 aromatic carbocycles. The van der Waals surface area contributed by atoms with E-state index in [2.05, 4.69) is 21.0 Å². The fourth-order valence-electron chi connectivity index (χ4n) is 3.39. The Morgan fingerprint density at radius 2 is 1.75 bits per heavy atom. The van der Waals surface area contributed by atoms with Gasteiger partial charge in [0.15, 0.2) is 0 Å². The Hall–Kier alpha value is -2.22. The van der Waals surface area contributed by atoms with Crippen LogP contribution in [0.5, 0.6) is 0 Å². The maximum absolute atomic E-state index is 12.5.